The summed E-state index contributed by atoms with van der Waals surface area (Å²) in [7, 11) is 0. The second-order valence-electron chi connectivity index (χ2n) is 9.31. The summed E-state index contributed by atoms with van der Waals surface area (Å²) in [6, 6.07) is 5.65. The Morgan fingerprint density at radius 3 is 2.73 bits per heavy atom. The molecule has 0 bridgehead atoms. The van der Waals surface area contributed by atoms with Gasteiger partial charge in [-0.2, -0.15) is 0 Å². The highest BCUT2D eigenvalue weighted by molar-refractivity contribution is 7.20. The monoisotopic (exact) mass is 464 g/mol. The Bertz CT molecular complexity index is 1410. The fourth-order valence-corrected chi connectivity index (χ4v) is 5.08. The predicted molar refractivity (Wildman–Crippen MR) is 129 cm³/mol. The molecule has 4 aromatic heterocycles. The van der Waals surface area contributed by atoms with Gasteiger partial charge in [-0.3, -0.25) is 4.98 Å². The number of halogens is 1. The third-order valence-corrected chi connectivity index (χ3v) is 6.65. The quantitative estimate of drug-likeness (QED) is 0.361. The number of rotatable bonds is 2. The normalized spacial score (nSPS) is 14.7. The molecule has 0 aromatic carbocycles. The third-order valence-electron chi connectivity index (χ3n) is 5.51. The number of aromatic nitrogens is 3. The van der Waals surface area contributed by atoms with Crippen LogP contribution in [0.25, 0.3) is 32.6 Å². The second kappa shape index (κ2) is 7.95. The van der Waals surface area contributed by atoms with E-state index in [1.165, 1.54) is 11.6 Å². The number of amides is 1. The van der Waals surface area contributed by atoms with E-state index in [9.17, 15) is 9.18 Å². The van der Waals surface area contributed by atoms with E-state index in [0.717, 1.165) is 38.3 Å². The first kappa shape index (κ1) is 21.6. The zero-order chi connectivity index (χ0) is 23.3. The Morgan fingerprint density at radius 1 is 1.18 bits per heavy atom. The van der Waals surface area contributed by atoms with Gasteiger partial charge >= 0.3 is 6.09 Å². The maximum atomic E-state index is 14.5. The average Bonchev–Trinajstić information content (AvgIpc) is 3.35. The van der Waals surface area contributed by atoms with Gasteiger partial charge in [-0.1, -0.05) is 6.08 Å². The molecule has 0 unspecified atom stereocenters. The van der Waals surface area contributed by atoms with E-state index in [1.54, 1.807) is 26.8 Å². The van der Waals surface area contributed by atoms with E-state index >= 15 is 0 Å². The molecule has 4 aromatic rings. The second-order valence-corrected chi connectivity index (χ2v) is 10.4. The van der Waals surface area contributed by atoms with Crippen LogP contribution < -0.4 is 0 Å². The van der Waals surface area contributed by atoms with Gasteiger partial charge in [0.1, 0.15) is 5.60 Å². The fraction of sp³-hybridized carbons (Fsp3) is 0.320. The predicted octanol–water partition coefficient (Wildman–Crippen LogP) is 6.08. The smallest absolute Gasteiger partial charge is 0.410 e. The maximum absolute atomic E-state index is 14.5. The molecule has 6 nitrogen and oxygen atoms in total. The summed E-state index contributed by atoms with van der Waals surface area (Å²) < 4.78 is 22.8. The van der Waals surface area contributed by atoms with Gasteiger partial charge in [-0.15, -0.1) is 11.3 Å². The Morgan fingerprint density at radius 2 is 2.00 bits per heavy atom. The first-order valence-corrected chi connectivity index (χ1v) is 11.7. The number of hydrogen-bond donors (Lipinski definition) is 0. The van der Waals surface area contributed by atoms with Crippen LogP contribution in [0.4, 0.5) is 9.18 Å². The Hall–Kier alpha value is -3.26. The van der Waals surface area contributed by atoms with E-state index in [-0.39, 0.29) is 11.9 Å². The molecule has 0 radical (unpaired) electrons. The van der Waals surface area contributed by atoms with Crippen molar-refractivity contribution in [2.24, 2.45) is 0 Å². The molecular formula is C25H25FN4O2S. The van der Waals surface area contributed by atoms with Crippen molar-refractivity contribution in [3.8, 4) is 11.1 Å². The summed E-state index contributed by atoms with van der Waals surface area (Å²) in [6.45, 7) is 8.62. The molecule has 1 amide bonds. The summed E-state index contributed by atoms with van der Waals surface area (Å²) in [4.78, 5) is 24.0. The van der Waals surface area contributed by atoms with E-state index in [4.69, 9.17) is 4.74 Å². The number of pyridine rings is 2. The van der Waals surface area contributed by atoms with Gasteiger partial charge in [0.2, 0.25) is 0 Å². The van der Waals surface area contributed by atoms with E-state index in [0.29, 0.717) is 18.7 Å². The molecule has 0 saturated heterocycles. The largest absolute Gasteiger partial charge is 0.444 e. The molecule has 170 valence electrons. The minimum absolute atomic E-state index is 0.280. The Balaban J connectivity index is 1.40. The first-order valence-electron chi connectivity index (χ1n) is 10.9. The van der Waals surface area contributed by atoms with Crippen molar-refractivity contribution in [2.45, 2.75) is 39.7 Å². The molecule has 0 atom stereocenters. The summed E-state index contributed by atoms with van der Waals surface area (Å²) in [5.74, 6) is -0.352. The van der Waals surface area contributed by atoms with Crippen LogP contribution in [0.3, 0.4) is 0 Å². The lowest BCUT2D eigenvalue weighted by atomic mass is 10.1. The lowest BCUT2D eigenvalue weighted by Gasteiger charge is -2.29. The number of hydrogen-bond acceptors (Lipinski definition) is 5. The molecule has 0 saturated carbocycles. The molecule has 5 heterocycles. The average molecular weight is 465 g/mol. The van der Waals surface area contributed by atoms with Crippen molar-refractivity contribution >= 4 is 38.9 Å². The van der Waals surface area contributed by atoms with Gasteiger partial charge in [0.25, 0.3) is 0 Å². The van der Waals surface area contributed by atoms with Crippen LogP contribution in [0, 0.1) is 12.7 Å². The Kier molecular flexibility index (Phi) is 5.20. The summed E-state index contributed by atoms with van der Waals surface area (Å²) in [5.41, 5.74) is 4.33. The molecule has 1 aliphatic rings. The zero-order valence-corrected chi connectivity index (χ0v) is 19.9. The lowest BCUT2D eigenvalue weighted by molar-refractivity contribution is 0.0270. The number of imidazole rings is 1. The fourth-order valence-electron chi connectivity index (χ4n) is 3.96. The molecule has 1 aliphatic heterocycles. The molecule has 33 heavy (non-hydrogen) atoms. The van der Waals surface area contributed by atoms with Crippen LogP contribution in [0.1, 0.15) is 37.8 Å². The van der Waals surface area contributed by atoms with E-state index in [1.807, 2.05) is 40.1 Å². The molecule has 5 rings (SSSR count). The van der Waals surface area contributed by atoms with Crippen molar-refractivity contribution in [1.82, 2.24) is 19.3 Å². The number of nitrogens with zero attached hydrogens (tertiary/aromatic N) is 4. The number of aryl methyl sites for hydroxylation is 1. The number of ether oxygens (including phenoxy) is 1. The van der Waals surface area contributed by atoms with Gasteiger partial charge in [0.15, 0.2) is 11.5 Å². The molecular weight excluding hydrogens is 439 g/mol. The van der Waals surface area contributed by atoms with E-state index in [2.05, 4.69) is 28.2 Å². The highest BCUT2D eigenvalue weighted by Crippen LogP contribution is 2.35. The van der Waals surface area contributed by atoms with Crippen LogP contribution >= 0.6 is 11.3 Å². The standard InChI is InChI=1S/C25H25FN4O2S/c1-15-13-30-14-18(9-19(26)23(30)28-15)17-10-22-20(27-12-17)11-21(33-22)16-5-7-29(8-6-16)24(31)32-25(2,3)4/h5,9-14H,6-8H2,1-4H3. The number of carbonyl (C=O) groups is 1. The van der Waals surface area contributed by atoms with Crippen LogP contribution in [0.5, 0.6) is 0 Å². The molecule has 0 N–H and O–H groups in total. The number of carbonyl (C=O) groups excluding carboxylic acids is 1. The summed E-state index contributed by atoms with van der Waals surface area (Å²) >= 11 is 1.67. The van der Waals surface area contributed by atoms with Crippen molar-refractivity contribution in [1.29, 1.82) is 0 Å². The Labute approximate surface area is 195 Å². The SMILES string of the molecule is Cc1cn2cc(-c3cnc4cc(C5=CCN(C(=O)OC(C)(C)C)CC5)sc4c3)cc(F)c2n1. The van der Waals surface area contributed by atoms with Gasteiger partial charge in [0, 0.05) is 47.7 Å². The highest BCUT2D eigenvalue weighted by Gasteiger charge is 2.24. The third kappa shape index (κ3) is 4.35. The van der Waals surface area contributed by atoms with Gasteiger partial charge in [0.05, 0.1) is 15.9 Å². The lowest BCUT2D eigenvalue weighted by Crippen LogP contribution is -2.39. The van der Waals surface area contributed by atoms with Gasteiger partial charge in [-0.05, 0) is 57.9 Å². The summed E-state index contributed by atoms with van der Waals surface area (Å²) in [5, 5.41) is 0. The van der Waals surface area contributed by atoms with Crippen molar-refractivity contribution in [2.75, 3.05) is 13.1 Å². The van der Waals surface area contributed by atoms with Gasteiger partial charge < -0.3 is 14.0 Å². The van der Waals surface area contributed by atoms with Crippen LogP contribution in [-0.4, -0.2) is 44.1 Å². The first-order chi connectivity index (χ1) is 15.7. The molecule has 0 aliphatic carbocycles. The molecule has 8 heteroatoms. The van der Waals surface area contributed by atoms with Gasteiger partial charge in [-0.25, -0.2) is 14.2 Å². The minimum Gasteiger partial charge on any atom is -0.444 e. The van der Waals surface area contributed by atoms with Crippen LogP contribution in [0.15, 0.2) is 42.9 Å². The minimum atomic E-state index is -0.500. The van der Waals surface area contributed by atoms with Crippen molar-refractivity contribution in [3.63, 3.8) is 0 Å². The van der Waals surface area contributed by atoms with Crippen LogP contribution in [0.2, 0.25) is 0 Å². The highest BCUT2D eigenvalue weighted by atomic mass is 32.1. The van der Waals surface area contributed by atoms with Crippen molar-refractivity contribution < 1.29 is 13.9 Å². The molecule has 0 fully saturated rings. The van der Waals surface area contributed by atoms with Crippen molar-refractivity contribution in [3.05, 3.63) is 59.3 Å². The van der Waals surface area contributed by atoms with Crippen LogP contribution in [-0.2, 0) is 4.74 Å². The number of thiophene rings is 1. The summed E-state index contributed by atoms with van der Waals surface area (Å²) in [6.07, 6.45) is 8.04. The number of fused-ring (bicyclic) bond motifs is 2. The zero-order valence-electron chi connectivity index (χ0n) is 19.1. The topological polar surface area (TPSA) is 59.7 Å². The van der Waals surface area contributed by atoms with E-state index < -0.39 is 5.60 Å². The maximum Gasteiger partial charge on any atom is 0.410 e. The molecule has 0 spiro atoms.